The highest BCUT2D eigenvalue weighted by Crippen LogP contribution is 2.27. The molecule has 1 aromatic rings. The van der Waals surface area contributed by atoms with E-state index in [-0.39, 0.29) is 18.5 Å². The maximum Gasteiger partial charge on any atom is 0.323 e. The first-order valence-corrected chi connectivity index (χ1v) is 7.86. The molecule has 0 aliphatic heterocycles. The van der Waals surface area contributed by atoms with Gasteiger partial charge in [0.05, 0.1) is 5.75 Å². The lowest BCUT2D eigenvalue weighted by molar-refractivity contribution is -0.143. The summed E-state index contributed by atoms with van der Waals surface area (Å²) in [6.45, 7) is 1.87. The summed E-state index contributed by atoms with van der Waals surface area (Å²) >= 11 is 1.54. The minimum Gasteiger partial charge on any atom is -0.480 e. The van der Waals surface area contributed by atoms with Gasteiger partial charge in [0.25, 0.3) is 0 Å². The van der Waals surface area contributed by atoms with Crippen molar-refractivity contribution in [3.05, 3.63) is 35.4 Å². The molecule has 4 nitrogen and oxygen atoms in total. The van der Waals surface area contributed by atoms with Gasteiger partial charge in [-0.05, 0) is 25.3 Å². The van der Waals surface area contributed by atoms with Gasteiger partial charge < -0.3 is 10.0 Å². The summed E-state index contributed by atoms with van der Waals surface area (Å²) in [5.41, 5.74) is 2.40. The van der Waals surface area contributed by atoms with Gasteiger partial charge in [-0.3, -0.25) is 9.59 Å². The molecule has 0 unspecified atom stereocenters. The van der Waals surface area contributed by atoms with Gasteiger partial charge in [-0.25, -0.2) is 0 Å². The Morgan fingerprint density at radius 1 is 1.30 bits per heavy atom. The molecule has 1 aromatic carbocycles. The Morgan fingerprint density at radius 2 is 1.95 bits per heavy atom. The molecule has 0 heterocycles. The highest BCUT2D eigenvalue weighted by molar-refractivity contribution is 7.99. The summed E-state index contributed by atoms with van der Waals surface area (Å²) in [5, 5.41) is 8.84. The molecule has 0 atom stereocenters. The van der Waals surface area contributed by atoms with Crippen LogP contribution in [0.25, 0.3) is 0 Å². The maximum absolute atomic E-state index is 12.0. The van der Waals surface area contributed by atoms with Crippen LogP contribution in [0.3, 0.4) is 0 Å². The van der Waals surface area contributed by atoms with E-state index >= 15 is 0 Å². The van der Waals surface area contributed by atoms with Crippen LogP contribution in [0.2, 0.25) is 0 Å². The Bertz CT molecular complexity index is 482. The number of carbonyl (C=O) groups is 2. The van der Waals surface area contributed by atoms with E-state index in [9.17, 15) is 9.59 Å². The van der Waals surface area contributed by atoms with Crippen molar-refractivity contribution < 1.29 is 14.7 Å². The summed E-state index contributed by atoms with van der Waals surface area (Å²) in [7, 11) is 0. The zero-order chi connectivity index (χ0) is 14.5. The molecular formula is C15H19NO3S. The van der Waals surface area contributed by atoms with Crippen molar-refractivity contribution in [3.63, 3.8) is 0 Å². The fourth-order valence-electron chi connectivity index (χ4n) is 1.98. The van der Waals surface area contributed by atoms with Gasteiger partial charge in [-0.1, -0.05) is 29.8 Å². The number of carboxylic acids is 1. The minimum absolute atomic E-state index is 0.0630. The molecule has 0 bridgehead atoms. The Balaban J connectivity index is 1.78. The van der Waals surface area contributed by atoms with Crippen molar-refractivity contribution in [1.82, 2.24) is 4.90 Å². The lowest BCUT2D eigenvalue weighted by Gasteiger charge is -2.19. The summed E-state index contributed by atoms with van der Waals surface area (Å²) in [6, 6.07) is 8.38. The van der Waals surface area contributed by atoms with Crippen molar-refractivity contribution in [1.29, 1.82) is 0 Å². The third-order valence-electron chi connectivity index (χ3n) is 3.23. The van der Waals surface area contributed by atoms with E-state index in [1.807, 2.05) is 6.92 Å². The average Bonchev–Trinajstić information content (AvgIpc) is 3.22. The van der Waals surface area contributed by atoms with Crippen LogP contribution in [0.4, 0.5) is 0 Å². The lowest BCUT2D eigenvalue weighted by Crippen LogP contribution is -2.38. The number of amides is 1. The summed E-state index contributed by atoms with van der Waals surface area (Å²) in [5.74, 6) is 0.121. The zero-order valence-electron chi connectivity index (χ0n) is 11.5. The highest BCUT2D eigenvalue weighted by Gasteiger charge is 2.33. The fraction of sp³-hybridized carbons (Fsp3) is 0.467. The molecule has 108 valence electrons. The zero-order valence-corrected chi connectivity index (χ0v) is 12.4. The standard InChI is InChI=1S/C15H19NO3S/c1-11-2-4-12(5-3-11)9-20-10-14(17)16(8-15(18)19)13-6-7-13/h2-5,13H,6-10H2,1H3,(H,18,19). The smallest absolute Gasteiger partial charge is 0.323 e. The molecule has 2 rings (SSSR count). The SMILES string of the molecule is Cc1ccc(CSCC(=O)N(CC(=O)O)C2CC2)cc1. The molecule has 1 amide bonds. The van der Waals surface area contributed by atoms with E-state index in [0.717, 1.165) is 18.6 Å². The predicted molar refractivity (Wildman–Crippen MR) is 79.7 cm³/mol. The predicted octanol–water partition coefficient (Wildman–Crippen LogP) is 2.30. The molecule has 1 aliphatic rings. The first-order chi connectivity index (χ1) is 9.56. The van der Waals surface area contributed by atoms with Gasteiger partial charge in [0.1, 0.15) is 6.54 Å². The van der Waals surface area contributed by atoms with Crippen molar-refractivity contribution in [3.8, 4) is 0 Å². The van der Waals surface area contributed by atoms with Crippen LogP contribution < -0.4 is 0 Å². The molecule has 0 saturated heterocycles. The third kappa shape index (κ3) is 4.56. The van der Waals surface area contributed by atoms with E-state index < -0.39 is 5.97 Å². The molecule has 1 fully saturated rings. The van der Waals surface area contributed by atoms with Crippen LogP contribution in [-0.4, -0.2) is 40.2 Å². The fourth-order valence-corrected chi connectivity index (χ4v) is 2.85. The Morgan fingerprint density at radius 3 is 2.50 bits per heavy atom. The summed E-state index contributed by atoms with van der Waals surface area (Å²) < 4.78 is 0. The van der Waals surface area contributed by atoms with E-state index in [2.05, 4.69) is 24.3 Å². The second-order valence-electron chi connectivity index (χ2n) is 5.12. The largest absolute Gasteiger partial charge is 0.480 e. The number of rotatable bonds is 7. The van der Waals surface area contributed by atoms with Gasteiger partial charge in [-0.2, -0.15) is 0 Å². The van der Waals surface area contributed by atoms with Crippen molar-refractivity contribution >= 4 is 23.6 Å². The molecule has 0 aromatic heterocycles. The first kappa shape index (κ1) is 14.9. The van der Waals surface area contributed by atoms with Crippen LogP contribution in [0.15, 0.2) is 24.3 Å². The number of benzene rings is 1. The Hall–Kier alpha value is -1.49. The third-order valence-corrected chi connectivity index (χ3v) is 4.22. The average molecular weight is 293 g/mol. The van der Waals surface area contributed by atoms with Crippen LogP contribution in [0.1, 0.15) is 24.0 Å². The Kier molecular flexibility index (Phi) is 5.06. The van der Waals surface area contributed by atoms with Crippen molar-refractivity contribution in [2.75, 3.05) is 12.3 Å². The van der Waals surface area contributed by atoms with Gasteiger partial charge in [-0.15, -0.1) is 11.8 Å². The second kappa shape index (κ2) is 6.79. The normalized spacial score (nSPS) is 14.1. The number of aliphatic carboxylic acids is 1. The number of hydrogen-bond donors (Lipinski definition) is 1. The number of thioether (sulfide) groups is 1. The van der Waals surface area contributed by atoms with Crippen LogP contribution >= 0.6 is 11.8 Å². The van der Waals surface area contributed by atoms with Gasteiger partial charge >= 0.3 is 5.97 Å². The number of carbonyl (C=O) groups excluding carboxylic acids is 1. The van der Waals surface area contributed by atoms with Crippen LogP contribution in [0.5, 0.6) is 0 Å². The summed E-state index contributed by atoms with van der Waals surface area (Å²) in [4.78, 5) is 24.3. The number of hydrogen-bond acceptors (Lipinski definition) is 3. The molecule has 5 heteroatoms. The number of carboxylic acid groups (broad SMARTS) is 1. The quantitative estimate of drug-likeness (QED) is 0.838. The molecule has 20 heavy (non-hydrogen) atoms. The van der Waals surface area contributed by atoms with E-state index in [1.54, 1.807) is 0 Å². The van der Waals surface area contributed by atoms with Crippen molar-refractivity contribution in [2.45, 2.75) is 31.6 Å². The van der Waals surface area contributed by atoms with Gasteiger partial charge in [0, 0.05) is 11.8 Å². The molecule has 1 aliphatic carbocycles. The highest BCUT2D eigenvalue weighted by atomic mass is 32.2. The van der Waals surface area contributed by atoms with Crippen LogP contribution in [-0.2, 0) is 15.3 Å². The van der Waals surface area contributed by atoms with Gasteiger partial charge in [0.15, 0.2) is 0 Å². The second-order valence-corrected chi connectivity index (χ2v) is 6.11. The Labute approximate surface area is 123 Å². The van der Waals surface area contributed by atoms with E-state index in [4.69, 9.17) is 5.11 Å². The molecule has 1 N–H and O–H groups in total. The first-order valence-electron chi connectivity index (χ1n) is 6.71. The monoisotopic (exact) mass is 293 g/mol. The lowest BCUT2D eigenvalue weighted by atomic mass is 10.2. The van der Waals surface area contributed by atoms with Crippen molar-refractivity contribution in [2.24, 2.45) is 0 Å². The molecule has 0 radical (unpaired) electrons. The minimum atomic E-state index is -0.936. The number of nitrogens with zero attached hydrogens (tertiary/aromatic N) is 1. The molecule has 1 saturated carbocycles. The van der Waals surface area contributed by atoms with E-state index in [0.29, 0.717) is 5.75 Å². The topological polar surface area (TPSA) is 57.6 Å². The van der Waals surface area contributed by atoms with Crippen LogP contribution in [0, 0.1) is 6.92 Å². The van der Waals surface area contributed by atoms with E-state index in [1.165, 1.54) is 27.8 Å². The summed E-state index contributed by atoms with van der Waals surface area (Å²) in [6.07, 6.45) is 1.86. The van der Waals surface area contributed by atoms with Gasteiger partial charge in [0.2, 0.25) is 5.91 Å². The molecule has 0 spiro atoms. The number of aryl methyl sites for hydroxylation is 1. The maximum atomic E-state index is 12.0. The molecular weight excluding hydrogens is 274 g/mol.